The molecule has 0 unspecified atom stereocenters. The zero-order chi connectivity index (χ0) is 23.5. The second kappa shape index (κ2) is 9.75. The molecule has 0 saturated heterocycles. The van der Waals surface area contributed by atoms with Gasteiger partial charge in [0.15, 0.2) is 11.6 Å². The van der Waals surface area contributed by atoms with Gasteiger partial charge >= 0.3 is 5.97 Å². The topological polar surface area (TPSA) is 92.3 Å². The molecule has 32 heavy (non-hydrogen) atoms. The minimum absolute atomic E-state index is 0.0234. The number of benzene rings is 1. The number of pyridine rings is 1. The summed E-state index contributed by atoms with van der Waals surface area (Å²) in [6.45, 7) is 5.54. The number of nitrogens with zero attached hydrogens (tertiary/aromatic N) is 3. The number of anilines is 1. The van der Waals surface area contributed by atoms with Gasteiger partial charge in [-0.3, -0.25) is 9.48 Å². The smallest absolute Gasteiger partial charge is 0.302 e. The summed E-state index contributed by atoms with van der Waals surface area (Å²) in [6, 6.07) is 4.42. The lowest BCUT2D eigenvalue weighted by atomic mass is 10.1. The molecule has 0 amide bonds. The molecule has 0 aliphatic rings. The number of esters is 1. The maximum Gasteiger partial charge on any atom is 0.302 e. The van der Waals surface area contributed by atoms with E-state index in [-0.39, 0.29) is 30.0 Å². The maximum atomic E-state index is 13.7. The fraction of sp³-hybridized carbons (Fsp3) is 0.318. The number of nitrogen functional groups attached to an aromatic ring is 1. The van der Waals surface area contributed by atoms with Crippen LogP contribution in [0.15, 0.2) is 36.8 Å². The van der Waals surface area contributed by atoms with E-state index in [4.69, 9.17) is 38.4 Å². The van der Waals surface area contributed by atoms with Gasteiger partial charge in [-0.2, -0.15) is 5.10 Å². The van der Waals surface area contributed by atoms with Crippen molar-refractivity contribution in [3.05, 3.63) is 58.2 Å². The van der Waals surface area contributed by atoms with E-state index in [0.29, 0.717) is 22.8 Å². The van der Waals surface area contributed by atoms with Gasteiger partial charge in [-0.25, -0.2) is 9.37 Å². The monoisotopic (exact) mass is 480 g/mol. The SMILES string of the molecule is CC(=O)OCC(C)(C)n1cc(-c2cnc(N)c(OCCc3c(Cl)ccc(F)c3Cl)c2)cn1. The molecule has 0 spiro atoms. The van der Waals surface area contributed by atoms with E-state index in [1.165, 1.54) is 19.1 Å². The lowest BCUT2D eigenvalue weighted by molar-refractivity contribution is -0.143. The van der Waals surface area contributed by atoms with E-state index in [2.05, 4.69) is 10.1 Å². The van der Waals surface area contributed by atoms with E-state index < -0.39 is 11.4 Å². The number of hydrogen-bond acceptors (Lipinski definition) is 6. The third-order valence-electron chi connectivity index (χ3n) is 4.80. The standard InChI is InChI=1S/C22H23Cl2FN4O3/c1-13(30)32-12-22(2,3)29-11-15(10-28-29)14-8-19(21(26)27-9-14)31-7-6-16-17(23)4-5-18(25)20(16)24/h4-5,8-11H,6-7,12H2,1-3H3,(H2,26,27). The second-order valence-electron chi connectivity index (χ2n) is 7.79. The van der Waals surface area contributed by atoms with Gasteiger partial charge in [0.1, 0.15) is 12.4 Å². The minimum Gasteiger partial charge on any atom is -0.489 e. The first-order chi connectivity index (χ1) is 15.1. The summed E-state index contributed by atoms with van der Waals surface area (Å²) in [4.78, 5) is 15.3. The first kappa shape index (κ1) is 23.8. The molecule has 0 aliphatic carbocycles. The van der Waals surface area contributed by atoms with Gasteiger partial charge in [-0.1, -0.05) is 23.2 Å². The molecular weight excluding hydrogens is 458 g/mol. The number of halogens is 3. The highest BCUT2D eigenvalue weighted by Crippen LogP contribution is 2.30. The maximum absolute atomic E-state index is 13.7. The Bertz CT molecular complexity index is 1130. The Labute approximate surface area is 195 Å². The number of aromatic nitrogens is 3. The molecule has 0 bridgehead atoms. The van der Waals surface area contributed by atoms with Gasteiger partial charge in [-0.05, 0) is 37.6 Å². The summed E-state index contributed by atoms with van der Waals surface area (Å²) >= 11 is 12.1. The van der Waals surface area contributed by atoms with Gasteiger partial charge in [0, 0.05) is 41.9 Å². The molecule has 0 aliphatic heterocycles. The summed E-state index contributed by atoms with van der Waals surface area (Å²) in [5, 5.41) is 4.73. The Hall–Kier alpha value is -2.84. The number of carbonyl (C=O) groups is 1. The Morgan fingerprint density at radius 1 is 1.25 bits per heavy atom. The highest BCUT2D eigenvalue weighted by molar-refractivity contribution is 6.36. The molecule has 0 fully saturated rings. The van der Waals surface area contributed by atoms with Crippen molar-refractivity contribution < 1.29 is 18.7 Å². The highest BCUT2D eigenvalue weighted by Gasteiger charge is 2.23. The van der Waals surface area contributed by atoms with Crippen molar-refractivity contribution in [2.24, 2.45) is 0 Å². The summed E-state index contributed by atoms with van der Waals surface area (Å²) in [6.07, 6.45) is 5.41. The van der Waals surface area contributed by atoms with Crippen molar-refractivity contribution in [2.75, 3.05) is 18.9 Å². The average Bonchev–Trinajstić information content (AvgIpc) is 3.24. The zero-order valence-electron chi connectivity index (χ0n) is 17.9. The van der Waals surface area contributed by atoms with Crippen molar-refractivity contribution in [2.45, 2.75) is 32.7 Å². The number of nitrogens with two attached hydrogens (primary N) is 1. The first-order valence-corrected chi connectivity index (χ1v) is 10.5. The Morgan fingerprint density at radius 3 is 2.72 bits per heavy atom. The molecule has 1 aromatic carbocycles. The van der Waals surface area contributed by atoms with Crippen LogP contribution in [0.2, 0.25) is 10.0 Å². The lowest BCUT2D eigenvalue weighted by Gasteiger charge is -2.24. The van der Waals surface area contributed by atoms with E-state index >= 15 is 0 Å². The van der Waals surface area contributed by atoms with E-state index in [9.17, 15) is 9.18 Å². The molecule has 3 rings (SSSR count). The predicted octanol–water partition coefficient (Wildman–Crippen LogP) is 4.89. The molecule has 0 saturated carbocycles. The van der Waals surface area contributed by atoms with Gasteiger partial charge < -0.3 is 15.2 Å². The van der Waals surface area contributed by atoms with Gasteiger partial charge in [0.2, 0.25) is 0 Å². The number of rotatable bonds is 8. The number of hydrogen-bond donors (Lipinski definition) is 1. The van der Waals surface area contributed by atoms with Gasteiger partial charge in [0.05, 0.1) is 23.4 Å². The molecule has 2 heterocycles. The van der Waals surface area contributed by atoms with Crippen LogP contribution in [-0.4, -0.2) is 33.9 Å². The second-order valence-corrected chi connectivity index (χ2v) is 8.58. The van der Waals surface area contributed by atoms with E-state index in [0.717, 1.165) is 11.1 Å². The van der Waals surface area contributed by atoms with Crippen molar-refractivity contribution in [1.29, 1.82) is 0 Å². The Morgan fingerprint density at radius 2 is 2.00 bits per heavy atom. The van der Waals surface area contributed by atoms with Gasteiger partial charge in [0.25, 0.3) is 0 Å². The van der Waals surface area contributed by atoms with Gasteiger partial charge in [-0.15, -0.1) is 0 Å². The van der Waals surface area contributed by atoms with Crippen LogP contribution < -0.4 is 10.5 Å². The van der Waals surface area contributed by atoms with Crippen LogP contribution in [0.25, 0.3) is 11.1 Å². The predicted molar refractivity (Wildman–Crippen MR) is 121 cm³/mol. The van der Waals surface area contributed by atoms with Crippen LogP contribution in [0.3, 0.4) is 0 Å². The summed E-state index contributed by atoms with van der Waals surface area (Å²) in [7, 11) is 0. The van der Waals surface area contributed by atoms with Crippen LogP contribution in [0, 0.1) is 5.82 Å². The van der Waals surface area contributed by atoms with Crippen LogP contribution in [0.5, 0.6) is 5.75 Å². The third-order valence-corrected chi connectivity index (χ3v) is 5.56. The normalized spacial score (nSPS) is 11.4. The quantitative estimate of drug-likeness (QED) is 0.364. The fourth-order valence-corrected chi connectivity index (χ4v) is 3.50. The summed E-state index contributed by atoms with van der Waals surface area (Å²) in [5.41, 5.74) is 7.41. The third kappa shape index (κ3) is 5.49. The van der Waals surface area contributed by atoms with E-state index in [1.807, 2.05) is 20.0 Å². The fourth-order valence-electron chi connectivity index (χ4n) is 2.94. The molecule has 170 valence electrons. The number of carbonyl (C=O) groups excluding carboxylic acids is 1. The Balaban J connectivity index is 1.73. The van der Waals surface area contributed by atoms with Crippen molar-refractivity contribution in [3.63, 3.8) is 0 Å². The van der Waals surface area contributed by atoms with Crippen LogP contribution >= 0.6 is 23.2 Å². The molecule has 2 aromatic heterocycles. The molecule has 2 N–H and O–H groups in total. The van der Waals surface area contributed by atoms with Crippen molar-refractivity contribution in [3.8, 4) is 16.9 Å². The molecular formula is C22H23Cl2FN4O3. The highest BCUT2D eigenvalue weighted by atomic mass is 35.5. The molecule has 7 nitrogen and oxygen atoms in total. The molecule has 0 radical (unpaired) electrons. The zero-order valence-corrected chi connectivity index (χ0v) is 19.4. The molecule has 10 heteroatoms. The molecule has 3 aromatic rings. The Kier molecular flexibility index (Phi) is 7.26. The summed E-state index contributed by atoms with van der Waals surface area (Å²) < 4.78 is 26.3. The van der Waals surface area contributed by atoms with Crippen LogP contribution in [0.4, 0.5) is 10.2 Å². The summed E-state index contributed by atoms with van der Waals surface area (Å²) in [5.74, 6) is -0.301. The lowest BCUT2D eigenvalue weighted by Crippen LogP contribution is -2.33. The number of ether oxygens (including phenoxy) is 2. The first-order valence-electron chi connectivity index (χ1n) is 9.78. The minimum atomic E-state index is -0.539. The van der Waals surface area contributed by atoms with Crippen LogP contribution in [-0.2, 0) is 21.5 Å². The van der Waals surface area contributed by atoms with Crippen molar-refractivity contribution >= 4 is 35.0 Å². The largest absolute Gasteiger partial charge is 0.489 e. The molecule has 0 atom stereocenters. The average molecular weight is 481 g/mol. The van der Waals surface area contributed by atoms with Crippen molar-refractivity contribution in [1.82, 2.24) is 14.8 Å². The van der Waals surface area contributed by atoms with Crippen LogP contribution in [0.1, 0.15) is 26.3 Å². The van der Waals surface area contributed by atoms with E-state index in [1.54, 1.807) is 23.1 Å².